The molecule has 4 heteroatoms. The van der Waals surface area contributed by atoms with E-state index in [1.54, 1.807) is 30.6 Å². The normalized spacial score (nSPS) is 10.7. The molecule has 1 aromatic heterocycles. The van der Waals surface area contributed by atoms with Crippen LogP contribution in [0.3, 0.4) is 0 Å². The van der Waals surface area contributed by atoms with E-state index in [1.807, 2.05) is 4.57 Å². The number of aliphatic hydroxyl groups excluding tert-OH is 1. The summed E-state index contributed by atoms with van der Waals surface area (Å²) in [5.41, 5.74) is 1.39. The molecule has 0 aliphatic heterocycles. The van der Waals surface area contributed by atoms with E-state index < -0.39 is 0 Å². The summed E-state index contributed by atoms with van der Waals surface area (Å²) in [5, 5.41) is 9.30. The molecule has 0 unspecified atom stereocenters. The van der Waals surface area contributed by atoms with Gasteiger partial charge in [-0.25, -0.2) is 4.39 Å². The third-order valence-electron chi connectivity index (χ3n) is 2.36. The Morgan fingerprint density at radius 3 is 2.75 bits per heavy atom. The minimum absolute atomic E-state index is 0.00387. The van der Waals surface area contributed by atoms with Crippen molar-refractivity contribution in [3.8, 4) is 0 Å². The first-order valence-electron chi connectivity index (χ1n) is 4.88. The van der Waals surface area contributed by atoms with Gasteiger partial charge in [0.05, 0.1) is 6.61 Å². The minimum atomic E-state index is -0.313. The average molecular weight is 240 g/mol. The summed E-state index contributed by atoms with van der Waals surface area (Å²) in [5.74, 6) is -0.313. The number of nitrogens with zero attached hydrogens (tertiary/aromatic N) is 1. The number of rotatable bonds is 3. The fraction of sp³-hybridized carbons (Fsp3) is 0.167. The SMILES string of the molecule is OCc1ccn(Cc2ccc(Cl)cc2F)c1. The van der Waals surface area contributed by atoms with Gasteiger partial charge in [-0.15, -0.1) is 0 Å². The molecule has 84 valence electrons. The molecule has 0 aliphatic rings. The number of benzene rings is 1. The summed E-state index contributed by atoms with van der Waals surface area (Å²) >= 11 is 5.67. The van der Waals surface area contributed by atoms with Crippen LogP contribution in [0.4, 0.5) is 4.39 Å². The highest BCUT2D eigenvalue weighted by Gasteiger charge is 2.04. The topological polar surface area (TPSA) is 25.2 Å². The number of halogens is 2. The van der Waals surface area contributed by atoms with Gasteiger partial charge in [0.25, 0.3) is 0 Å². The van der Waals surface area contributed by atoms with Gasteiger partial charge in [-0.05, 0) is 23.8 Å². The average Bonchev–Trinajstić information content (AvgIpc) is 2.70. The Kier molecular flexibility index (Phi) is 3.27. The molecule has 0 spiro atoms. The van der Waals surface area contributed by atoms with E-state index in [9.17, 15) is 4.39 Å². The molecule has 0 radical (unpaired) electrons. The molecular formula is C12H11ClFNO. The number of hydrogen-bond donors (Lipinski definition) is 1. The van der Waals surface area contributed by atoms with E-state index in [0.29, 0.717) is 17.1 Å². The lowest BCUT2D eigenvalue weighted by molar-refractivity contribution is 0.282. The van der Waals surface area contributed by atoms with Crippen LogP contribution in [-0.4, -0.2) is 9.67 Å². The molecule has 2 nitrogen and oxygen atoms in total. The molecule has 0 amide bonds. The van der Waals surface area contributed by atoms with Crippen LogP contribution in [0.15, 0.2) is 36.7 Å². The van der Waals surface area contributed by atoms with Crippen LogP contribution in [0.25, 0.3) is 0 Å². The van der Waals surface area contributed by atoms with E-state index >= 15 is 0 Å². The Labute approximate surface area is 97.9 Å². The van der Waals surface area contributed by atoms with Crippen LogP contribution < -0.4 is 0 Å². The van der Waals surface area contributed by atoms with Crippen molar-refractivity contribution in [2.45, 2.75) is 13.2 Å². The molecular weight excluding hydrogens is 229 g/mol. The van der Waals surface area contributed by atoms with E-state index in [4.69, 9.17) is 16.7 Å². The van der Waals surface area contributed by atoms with Gasteiger partial charge in [-0.2, -0.15) is 0 Å². The van der Waals surface area contributed by atoms with Crippen molar-refractivity contribution in [3.63, 3.8) is 0 Å². The predicted molar refractivity (Wildman–Crippen MR) is 60.9 cm³/mol. The first-order valence-corrected chi connectivity index (χ1v) is 5.26. The van der Waals surface area contributed by atoms with Crippen molar-refractivity contribution >= 4 is 11.6 Å². The summed E-state index contributed by atoms with van der Waals surface area (Å²) < 4.78 is 15.3. The highest BCUT2D eigenvalue weighted by molar-refractivity contribution is 6.30. The third-order valence-corrected chi connectivity index (χ3v) is 2.60. The largest absolute Gasteiger partial charge is 0.392 e. The second-order valence-electron chi connectivity index (χ2n) is 3.59. The second kappa shape index (κ2) is 4.68. The van der Waals surface area contributed by atoms with Gasteiger partial charge in [-0.1, -0.05) is 17.7 Å². The van der Waals surface area contributed by atoms with Crippen molar-refractivity contribution in [2.24, 2.45) is 0 Å². The molecule has 0 saturated heterocycles. The van der Waals surface area contributed by atoms with Crippen molar-refractivity contribution < 1.29 is 9.50 Å². The predicted octanol–water partition coefficient (Wildman–Crippen LogP) is 2.82. The first kappa shape index (κ1) is 11.2. The zero-order valence-corrected chi connectivity index (χ0v) is 9.28. The van der Waals surface area contributed by atoms with Crippen molar-refractivity contribution in [2.75, 3.05) is 0 Å². The van der Waals surface area contributed by atoms with Crippen LogP contribution in [0.2, 0.25) is 5.02 Å². The molecule has 16 heavy (non-hydrogen) atoms. The molecule has 0 atom stereocenters. The molecule has 1 aromatic carbocycles. The highest BCUT2D eigenvalue weighted by atomic mass is 35.5. The zero-order chi connectivity index (χ0) is 11.5. The summed E-state index contributed by atoms with van der Waals surface area (Å²) in [7, 11) is 0. The van der Waals surface area contributed by atoms with Crippen molar-refractivity contribution in [1.29, 1.82) is 0 Å². The van der Waals surface area contributed by atoms with Gasteiger partial charge in [0, 0.05) is 29.5 Å². The van der Waals surface area contributed by atoms with E-state index in [-0.39, 0.29) is 12.4 Å². The third kappa shape index (κ3) is 2.43. The van der Waals surface area contributed by atoms with Gasteiger partial charge < -0.3 is 9.67 Å². The molecule has 0 fully saturated rings. The Hall–Kier alpha value is -1.32. The molecule has 1 heterocycles. The monoisotopic (exact) mass is 239 g/mol. The maximum absolute atomic E-state index is 13.5. The van der Waals surface area contributed by atoms with Gasteiger partial charge in [0.2, 0.25) is 0 Å². The summed E-state index contributed by atoms with van der Waals surface area (Å²) in [6.07, 6.45) is 3.59. The maximum atomic E-state index is 13.5. The summed E-state index contributed by atoms with van der Waals surface area (Å²) in [6.45, 7) is 0.430. The van der Waals surface area contributed by atoms with E-state index in [2.05, 4.69) is 0 Å². The fourth-order valence-electron chi connectivity index (χ4n) is 1.53. The Balaban J connectivity index is 2.20. The minimum Gasteiger partial charge on any atom is -0.392 e. The van der Waals surface area contributed by atoms with Crippen molar-refractivity contribution in [3.05, 3.63) is 58.6 Å². The Morgan fingerprint density at radius 2 is 2.12 bits per heavy atom. The first-order chi connectivity index (χ1) is 7.69. The van der Waals surface area contributed by atoms with Crippen LogP contribution in [-0.2, 0) is 13.2 Å². The van der Waals surface area contributed by atoms with Crippen molar-refractivity contribution in [1.82, 2.24) is 4.57 Å². The van der Waals surface area contributed by atoms with Crippen LogP contribution >= 0.6 is 11.6 Å². The van der Waals surface area contributed by atoms with Crippen LogP contribution in [0, 0.1) is 5.82 Å². The Morgan fingerprint density at radius 1 is 1.31 bits per heavy atom. The summed E-state index contributed by atoms with van der Waals surface area (Å²) in [4.78, 5) is 0. The smallest absolute Gasteiger partial charge is 0.129 e. The lowest BCUT2D eigenvalue weighted by atomic mass is 10.2. The number of aromatic nitrogens is 1. The highest BCUT2D eigenvalue weighted by Crippen LogP contribution is 2.16. The molecule has 2 aromatic rings. The van der Waals surface area contributed by atoms with Crippen LogP contribution in [0.1, 0.15) is 11.1 Å². The quantitative estimate of drug-likeness (QED) is 0.876. The second-order valence-corrected chi connectivity index (χ2v) is 4.02. The fourth-order valence-corrected chi connectivity index (χ4v) is 1.69. The van der Waals surface area contributed by atoms with Crippen LogP contribution in [0.5, 0.6) is 0 Å². The molecule has 1 N–H and O–H groups in total. The van der Waals surface area contributed by atoms with Gasteiger partial charge in [0.15, 0.2) is 0 Å². The standard InChI is InChI=1S/C12H11ClFNO/c13-11-2-1-10(12(14)5-11)7-15-4-3-9(6-15)8-16/h1-6,16H,7-8H2. The molecule has 0 bridgehead atoms. The van der Waals surface area contributed by atoms with E-state index in [0.717, 1.165) is 5.56 Å². The summed E-state index contributed by atoms with van der Waals surface area (Å²) in [6, 6.07) is 6.42. The molecule has 0 aliphatic carbocycles. The lowest BCUT2D eigenvalue weighted by Gasteiger charge is -2.05. The zero-order valence-electron chi connectivity index (χ0n) is 8.53. The maximum Gasteiger partial charge on any atom is 0.129 e. The van der Waals surface area contributed by atoms with Gasteiger partial charge >= 0.3 is 0 Å². The van der Waals surface area contributed by atoms with E-state index in [1.165, 1.54) is 6.07 Å². The number of hydrogen-bond acceptors (Lipinski definition) is 1. The molecule has 0 saturated carbocycles. The van der Waals surface area contributed by atoms with Gasteiger partial charge in [-0.3, -0.25) is 0 Å². The van der Waals surface area contributed by atoms with Gasteiger partial charge in [0.1, 0.15) is 5.82 Å². The Bertz CT molecular complexity index is 496. The number of aliphatic hydroxyl groups is 1. The lowest BCUT2D eigenvalue weighted by Crippen LogP contribution is -1.99. The molecule has 2 rings (SSSR count).